The van der Waals surface area contributed by atoms with Crippen molar-refractivity contribution in [3.8, 4) is 16.8 Å². The number of nitrogens with one attached hydrogen (secondary N) is 2. The third-order valence-corrected chi connectivity index (χ3v) is 5.80. The highest BCUT2D eigenvalue weighted by atomic mass is 32.2. The van der Waals surface area contributed by atoms with Crippen LogP contribution in [-0.2, 0) is 0 Å². The maximum atomic E-state index is 12.8. The minimum absolute atomic E-state index is 0.234. The van der Waals surface area contributed by atoms with Crippen LogP contribution in [0.4, 0.5) is 0 Å². The first-order valence-electron chi connectivity index (χ1n) is 9.32. The molecule has 30 heavy (non-hydrogen) atoms. The molecule has 148 valence electrons. The number of nitrogens with zero attached hydrogens (tertiary/aromatic N) is 3. The Morgan fingerprint density at radius 2 is 1.67 bits per heavy atom. The van der Waals surface area contributed by atoms with E-state index < -0.39 is 11.2 Å². The smallest absolute Gasteiger partial charge is 0.291 e. The van der Waals surface area contributed by atoms with Gasteiger partial charge in [0.15, 0.2) is 5.65 Å². The summed E-state index contributed by atoms with van der Waals surface area (Å²) in [7, 11) is 0. The minimum Gasteiger partial charge on any atom is -0.291 e. The number of thioether (sulfide) groups is 1. The van der Waals surface area contributed by atoms with E-state index in [1.54, 1.807) is 16.4 Å². The predicted molar refractivity (Wildman–Crippen MR) is 120 cm³/mol. The predicted octanol–water partition coefficient (Wildman–Crippen LogP) is 3.65. The molecule has 5 rings (SSSR count). The Hall–Kier alpha value is -3.65. The average molecular weight is 415 g/mol. The van der Waals surface area contributed by atoms with E-state index in [1.807, 2.05) is 67.8 Å². The summed E-state index contributed by atoms with van der Waals surface area (Å²) in [5.41, 5.74) is 2.91. The molecule has 3 aromatic heterocycles. The van der Waals surface area contributed by atoms with Crippen molar-refractivity contribution in [3.05, 3.63) is 81.1 Å². The fourth-order valence-corrected chi connectivity index (χ4v) is 4.14. The number of fused-ring (bicyclic) bond motifs is 2. The lowest BCUT2D eigenvalue weighted by Crippen LogP contribution is -2.23. The van der Waals surface area contributed by atoms with Gasteiger partial charge in [0.05, 0.1) is 22.2 Å². The third-order valence-electron chi connectivity index (χ3n) is 5.06. The normalized spacial score (nSPS) is 11.4. The molecule has 3 heterocycles. The van der Waals surface area contributed by atoms with Gasteiger partial charge in [-0.3, -0.25) is 14.8 Å². The molecule has 2 N–H and O–H groups in total. The van der Waals surface area contributed by atoms with E-state index in [1.165, 1.54) is 0 Å². The molecule has 5 aromatic rings. The second-order valence-corrected chi connectivity index (χ2v) is 7.76. The molecule has 0 aliphatic carbocycles. The summed E-state index contributed by atoms with van der Waals surface area (Å²) in [6.45, 7) is 1.90. The number of rotatable bonds is 3. The molecule has 2 aromatic carbocycles. The van der Waals surface area contributed by atoms with Gasteiger partial charge < -0.3 is 0 Å². The van der Waals surface area contributed by atoms with Crippen molar-refractivity contribution in [3.63, 3.8) is 0 Å². The maximum Gasteiger partial charge on any atom is 0.327 e. The number of benzene rings is 2. The van der Waals surface area contributed by atoms with E-state index in [0.29, 0.717) is 16.6 Å². The largest absolute Gasteiger partial charge is 0.327 e. The van der Waals surface area contributed by atoms with Crippen molar-refractivity contribution in [2.45, 2.75) is 11.8 Å². The van der Waals surface area contributed by atoms with Crippen molar-refractivity contribution in [2.24, 2.45) is 0 Å². The number of pyridine rings is 1. The Morgan fingerprint density at radius 1 is 0.933 bits per heavy atom. The minimum atomic E-state index is -0.592. The van der Waals surface area contributed by atoms with Gasteiger partial charge in [0, 0.05) is 10.5 Å². The zero-order chi connectivity index (χ0) is 20.8. The van der Waals surface area contributed by atoms with E-state index in [4.69, 9.17) is 5.10 Å². The molecule has 0 unspecified atom stereocenters. The molecular formula is C22H17N5O2S. The Labute approximate surface area is 174 Å². The zero-order valence-electron chi connectivity index (χ0n) is 16.3. The first kappa shape index (κ1) is 18.4. The van der Waals surface area contributed by atoms with Gasteiger partial charge in [0.2, 0.25) is 0 Å². The number of aryl methyl sites for hydroxylation is 1. The highest BCUT2D eigenvalue weighted by Crippen LogP contribution is 2.35. The molecule has 0 saturated carbocycles. The molecule has 0 saturated heterocycles. The summed E-state index contributed by atoms with van der Waals surface area (Å²) in [6.07, 6.45) is 2.01. The zero-order valence-corrected chi connectivity index (χ0v) is 17.1. The van der Waals surface area contributed by atoms with Gasteiger partial charge in [0.1, 0.15) is 5.65 Å². The van der Waals surface area contributed by atoms with Crippen LogP contribution in [0.2, 0.25) is 0 Å². The Bertz CT molecular complexity index is 1520. The topological polar surface area (TPSA) is 96.4 Å². The molecule has 0 bridgehead atoms. The monoisotopic (exact) mass is 415 g/mol. The van der Waals surface area contributed by atoms with Crippen LogP contribution in [-0.4, -0.2) is 31.0 Å². The summed E-state index contributed by atoms with van der Waals surface area (Å²) in [5, 5.41) is 5.82. The summed E-state index contributed by atoms with van der Waals surface area (Å²) < 4.78 is 1.74. The van der Waals surface area contributed by atoms with E-state index >= 15 is 0 Å². The van der Waals surface area contributed by atoms with E-state index in [2.05, 4.69) is 15.0 Å². The molecule has 0 spiro atoms. The van der Waals surface area contributed by atoms with Gasteiger partial charge in [-0.1, -0.05) is 30.3 Å². The van der Waals surface area contributed by atoms with Crippen LogP contribution in [0.15, 0.2) is 69.1 Å². The maximum absolute atomic E-state index is 12.8. The van der Waals surface area contributed by atoms with Crippen molar-refractivity contribution in [2.75, 3.05) is 6.26 Å². The number of H-pyrrole nitrogens is 2. The van der Waals surface area contributed by atoms with Crippen LogP contribution >= 0.6 is 11.8 Å². The summed E-state index contributed by atoms with van der Waals surface area (Å²) >= 11 is 1.65. The second kappa shape index (κ2) is 7.00. The highest BCUT2D eigenvalue weighted by molar-refractivity contribution is 7.98. The SMILES string of the molecule is CSc1ccc(-c2c3c(C)nn(-c4ccccc4)c3nc3[nH]c(=O)[nH]c(=O)c23)cc1. The van der Waals surface area contributed by atoms with Crippen molar-refractivity contribution >= 4 is 33.8 Å². The number of hydrogen-bond donors (Lipinski definition) is 2. The fourth-order valence-electron chi connectivity index (χ4n) is 3.73. The lowest BCUT2D eigenvalue weighted by atomic mass is 9.99. The second-order valence-electron chi connectivity index (χ2n) is 6.88. The number of hydrogen-bond acceptors (Lipinski definition) is 5. The first-order chi connectivity index (χ1) is 14.6. The van der Waals surface area contributed by atoms with Gasteiger partial charge in [-0.15, -0.1) is 11.8 Å². The molecule has 0 amide bonds. The number of aromatic nitrogens is 5. The Balaban J connectivity index is 1.97. The molecule has 7 nitrogen and oxygen atoms in total. The van der Waals surface area contributed by atoms with Crippen LogP contribution in [0, 0.1) is 6.92 Å². The van der Waals surface area contributed by atoms with Crippen molar-refractivity contribution in [1.29, 1.82) is 0 Å². The van der Waals surface area contributed by atoms with Crippen molar-refractivity contribution in [1.82, 2.24) is 24.7 Å². The summed E-state index contributed by atoms with van der Waals surface area (Å²) in [6, 6.07) is 17.6. The van der Waals surface area contributed by atoms with E-state index in [9.17, 15) is 9.59 Å². The molecule has 8 heteroatoms. The Kier molecular flexibility index (Phi) is 4.29. The van der Waals surface area contributed by atoms with Crippen LogP contribution in [0.5, 0.6) is 0 Å². The highest BCUT2D eigenvalue weighted by Gasteiger charge is 2.21. The van der Waals surface area contributed by atoms with E-state index in [0.717, 1.165) is 27.2 Å². The van der Waals surface area contributed by atoms with Gasteiger partial charge >= 0.3 is 5.69 Å². The molecule has 0 aliphatic heterocycles. The third kappa shape index (κ3) is 2.84. The number of para-hydroxylation sites is 1. The molecule has 0 atom stereocenters. The molecular weight excluding hydrogens is 398 g/mol. The average Bonchev–Trinajstić information content (AvgIpc) is 3.09. The summed E-state index contributed by atoms with van der Waals surface area (Å²) in [4.78, 5) is 35.5. The molecule has 0 fully saturated rings. The first-order valence-corrected chi connectivity index (χ1v) is 10.5. The van der Waals surface area contributed by atoms with Gasteiger partial charge in [-0.2, -0.15) is 5.10 Å². The van der Waals surface area contributed by atoms with E-state index in [-0.39, 0.29) is 5.65 Å². The number of aromatic amines is 2. The lowest BCUT2D eigenvalue weighted by molar-refractivity contribution is 0.878. The van der Waals surface area contributed by atoms with Gasteiger partial charge in [-0.05, 0) is 43.0 Å². The fraction of sp³-hybridized carbons (Fsp3) is 0.0909. The lowest BCUT2D eigenvalue weighted by Gasteiger charge is -2.10. The standard InChI is InChI=1S/C22H17N5O2S/c1-12-16-17(13-8-10-15(30-2)11-9-13)18-19(24-22(29)25-21(18)28)23-20(16)27(26-12)14-6-4-3-5-7-14/h3-11H,1-2H3,(H2,23,24,25,28,29). The molecule has 0 radical (unpaired) electrons. The van der Waals surface area contributed by atoms with Gasteiger partial charge in [-0.25, -0.2) is 14.5 Å². The molecule has 0 aliphatic rings. The van der Waals surface area contributed by atoms with Crippen LogP contribution < -0.4 is 11.2 Å². The van der Waals surface area contributed by atoms with Crippen LogP contribution in [0.3, 0.4) is 0 Å². The summed E-state index contributed by atoms with van der Waals surface area (Å²) in [5.74, 6) is 0. The van der Waals surface area contributed by atoms with Gasteiger partial charge in [0.25, 0.3) is 5.56 Å². The Morgan fingerprint density at radius 3 is 2.37 bits per heavy atom. The van der Waals surface area contributed by atoms with Crippen molar-refractivity contribution < 1.29 is 0 Å². The quantitative estimate of drug-likeness (QED) is 0.439. The van der Waals surface area contributed by atoms with Crippen LogP contribution in [0.25, 0.3) is 38.9 Å². The van der Waals surface area contributed by atoms with Crippen LogP contribution in [0.1, 0.15) is 5.69 Å².